The SMILES string of the molecule is Cl.NCCNC(=O)C1CCCN(S(=O)(=O)c2c(Cl)cc(F)cc2Cl)C1. The highest BCUT2D eigenvalue weighted by Crippen LogP contribution is 2.34. The normalized spacial score (nSPS) is 18.5. The molecule has 0 spiro atoms. The van der Waals surface area contributed by atoms with Crippen LogP contribution in [-0.2, 0) is 14.8 Å². The molecule has 1 aliphatic rings. The van der Waals surface area contributed by atoms with E-state index in [4.69, 9.17) is 28.9 Å². The molecular formula is C14H19Cl3FN3O3S. The van der Waals surface area contributed by atoms with Crippen LogP contribution >= 0.6 is 35.6 Å². The molecule has 0 bridgehead atoms. The Morgan fingerprint density at radius 1 is 1.36 bits per heavy atom. The third-order valence-corrected chi connectivity index (χ3v) is 6.55. The Morgan fingerprint density at radius 3 is 2.52 bits per heavy atom. The van der Waals surface area contributed by atoms with E-state index in [9.17, 15) is 17.6 Å². The van der Waals surface area contributed by atoms with E-state index >= 15 is 0 Å². The van der Waals surface area contributed by atoms with E-state index in [-0.39, 0.29) is 46.3 Å². The Labute approximate surface area is 162 Å². The van der Waals surface area contributed by atoms with Crippen LogP contribution in [0.2, 0.25) is 10.0 Å². The van der Waals surface area contributed by atoms with Gasteiger partial charge in [-0.05, 0) is 25.0 Å². The molecule has 1 atom stereocenters. The number of nitrogens with zero attached hydrogens (tertiary/aromatic N) is 1. The molecule has 0 saturated carbocycles. The highest BCUT2D eigenvalue weighted by Gasteiger charge is 2.35. The van der Waals surface area contributed by atoms with Crippen LogP contribution in [0.5, 0.6) is 0 Å². The first-order chi connectivity index (χ1) is 11.3. The number of piperidine rings is 1. The maximum absolute atomic E-state index is 13.3. The van der Waals surface area contributed by atoms with Gasteiger partial charge in [-0.2, -0.15) is 4.31 Å². The third kappa shape index (κ3) is 5.18. The highest BCUT2D eigenvalue weighted by molar-refractivity contribution is 7.89. The largest absolute Gasteiger partial charge is 0.355 e. The van der Waals surface area contributed by atoms with Crippen LogP contribution < -0.4 is 11.1 Å². The summed E-state index contributed by atoms with van der Waals surface area (Å²) in [5.74, 6) is -1.43. The van der Waals surface area contributed by atoms with Gasteiger partial charge < -0.3 is 11.1 Å². The number of sulfonamides is 1. The minimum Gasteiger partial charge on any atom is -0.355 e. The lowest BCUT2D eigenvalue weighted by Crippen LogP contribution is -2.46. The van der Waals surface area contributed by atoms with Crippen LogP contribution in [0.15, 0.2) is 17.0 Å². The molecule has 0 aliphatic carbocycles. The average Bonchev–Trinajstić information content (AvgIpc) is 2.51. The van der Waals surface area contributed by atoms with Crippen molar-refractivity contribution in [2.45, 2.75) is 17.7 Å². The zero-order valence-electron chi connectivity index (χ0n) is 13.2. The quantitative estimate of drug-likeness (QED) is 0.741. The van der Waals surface area contributed by atoms with Crippen molar-refractivity contribution in [3.63, 3.8) is 0 Å². The van der Waals surface area contributed by atoms with Gasteiger partial charge in [-0.1, -0.05) is 23.2 Å². The third-order valence-electron chi connectivity index (χ3n) is 3.76. The molecule has 25 heavy (non-hydrogen) atoms. The minimum absolute atomic E-state index is 0. The molecule has 11 heteroatoms. The summed E-state index contributed by atoms with van der Waals surface area (Å²) >= 11 is 11.8. The van der Waals surface area contributed by atoms with Crippen molar-refractivity contribution in [1.82, 2.24) is 9.62 Å². The molecule has 1 fully saturated rings. The maximum Gasteiger partial charge on any atom is 0.246 e. The second-order valence-electron chi connectivity index (χ2n) is 5.48. The number of carbonyl (C=O) groups excluding carboxylic acids is 1. The summed E-state index contributed by atoms with van der Waals surface area (Å²) in [5, 5.41) is 2.09. The van der Waals surface area contributed by atoms with Gasteiger partial charge in [-0.15, -0.1) is 12.4 Å². The van der Waals surface area contributed by atoms with Gasteiger partial charge in [-0.25, -0.2) is 12.8 Å². The predicted octanol–water partition coefficient (Wildman–Crippen LogP) is 2.03. The molecule has 2 rings (SSSR count). The first-order valence-electron chi connectivity index (χ1n) is 7.40. The Bertz CT molecular complexity index is 710. The molecule has 1 aromatic carbocycles. The van der Waals surface area contributed by atoms with Crippen molar-refractivity contribution in [1.29, 1.82) is 0 Å². The van der Waals surface area contributed by atoms with Crippen LogP contribution in [-0.4, -0.2) is 44.8 Å². The summed E-state index contributed by atoms with van der Waals surface area (Å²) in [6.07, 6.45) is 1.10. The monoisotopic (exact) mass is 433 g/mol. The number of carbonyl (C=O) groups is 1. The molecule has 0 radical (unpaired) electrons. The van der Waals surface area contributed by atoms with Gasteiger partial charge in [0.2, 0.25) is 15.9 Å². The van der Waals surface area contributed by atoms with E-state index in [2.05, 4.69) is 5.32 Å². The smallest absolute Gasteiger partial charge is 0.246 e. The van der Waals surface area contributed by atoms with Gasteiger partial charge in [0, 0.05) is 26.2 Å². The lowest BCUT2D eigenvalue weighted by molar-refractivity contribution is -0.126. The molecule has 1 aliphatic heterocycles. The average molecular weight is 435 g/mol. The Kier molecular flexibility index (Phi) is 8.37. The van der Waals surface area contributed by atoms with Gasteiger partial charge in [0.05, 0.1) is 16.0 Å². The zero-order chi connectivity index (χ0) is 17.9. The van der Waals surface area contributed by atoms with Gasteiger partial charge in [0.25, 0.3) is 0 Å². The lowest BCUT2D eigenvalue weighted by atomic mass is 9.99. The van der Waals surface area contributed by atoms with Gasteiger partial charge >= 0.3 is 0 Å². The number of hydrogen-bond acceptors (Lipinski definition) is 4. The van der Waals surface area contributed by atoms with Crippen molar-refractivity contribution in [3.05, 3.63) is 28.0 Å². The minimum atomic E-state index is -4.03. The van der Waals surface area contributed by atoms with E-state index in [1.807, 2.05) is 0 Å². The number of nitrogens with one attached hydrogen (secondary N) is 1. The molecule has 142 valence electrons. The van der Waals surface area contributed by atoms with Gasteiger partial charge in [-0.3, -0.25) is 4.79 Å². The maximum atomic E-state index is 13.3. The number of hydrogen-bond donors (Lipinski definition) is 2. The molecule has 1 aromatic rings. The van der Waals surface area contributed by atoms with E-state index in [1.165, 1.54) is 0 Å². The molecule has 0 aromatic heterocycles. The highest BCUT2D eigenvalue weighted by atomic mass is 35.5. The van der Waals surface area contributed by atoms with Crippen molar-refractivity contribution in [2.24, 2.45) is 11.7 Å². The second kappa shape index (κ2) is 9.34. The van der Waals surface area contributed by atoms with Gasteiger partial charge in [0.1, 0.15) is 10.7 Å². The molecule has 1 amide bonds. The topological polar surface area (TPSA) is 92.5 Å². The number of amides is 1. The first-order valence-corrected chi connectivity index (χ1v) is 9.59. The summed E-state index contributed by atoms with van der Waals surface area (Å²) in [6, 6.07) is 1.80. The van der Waals surface area contributed by atoms with Crippen LogP contribution in [0.3, 0.4) is 0 Å². The fraction of sp³-hybridized carbons (Fsp3) is 0.500. The Morgan fingerprint density at radius 2 is 1.96 bits per heavy atom. The van der Waals surface area contributed by atoms with Crippen molar-refractivity contribution < 1.29 is 17.6 Å². The zero-order valence-corrected chi connectivity index (χ0v) is 16.3. The Balaban J connectivity index is 0.00000312. The molecule has 1 heterocycles. The van der Waals surface area contributed by atoms with Crippen LogP contribution in [0, 0.1) is 11.7 Å². The molecule has 1 unspecified atom stereocenters. The first kappa shape index (κ1) is 22.4. The summed E-state index contributed by atoms with van der Waals surface area (Å²) in [4.78, 5) is 11.7. The van der Waals surface area contributed by atoms with E-state index in [1.54, 1.807) is 0 Å². The van der Waals surface area contributed by atoms with E-state index in [0.717, 1.165) is 16.4 Å². The number of nitrogens with two attached hydrogens (primary N) is 1. The van der Waals surface area contributed by atoms with Crippen molar-refractivity contribution in [3.8, 4) is 0 Å². The van der Waals surface area contributed by atoms with Crippen molar-refractivity contribution >= 4 is 51.5 Å². The summed E-state index contributed by atoms with van der Waals surface area (Å²) in [6.45, 7) is 0.898. The number of halogens is 4. The Hall–Kier alpha value is -0.640. The fourth-order valence-electron chi connectivity index (χ4n) is 2.62. The van der Waals surface area contributed by atoms with E-state index < -0.39 is 21.8 Å². The van der Waals surface area contributed by atoms with Crippen molar-refractivity contribution in [2.75, 3.05) is 26.2 Å². The van der Waals surface area contributed by atoms with Crippen LogP contribution in [0.1, 0.15) is 12.8 Å². The van der Waals surface area contributed by atoms with Gasteiger partial charge in [0.15, 0.2) is 0 Å². The molecular weight excluding hydrogens is 416 g/mol. The predicted molar refractivity (Wildman–Crippen MR) is 97.2 cm³/mol. The van der Waals surface area contributed by atoms with Crippen LogP contribution in [0.4, 0.5) is 4.39 Å². The lowest BCUT2D eigenvalue weighted by Gasteiger charge is -2.31. The van der Waals surface area contributed by atoms with E-state index in [0.29, 0.717) is 25.9 Å². The standard InChI is InChI=1S/C14H18Cl2FN3O3S.ClH/c15-11-6-10(17)7-12(16)13(11)24(22,23)20-5-1-2-9(8-20)14(21)19-4-3-18;/h6-7,9H,1-5,8,18H2,(H,19,21);1H. The molecule has 6 nitrogen and oxygen atoms in total. The molecule has 1 saturated heterocycles. The summed E-state index contributed by atoms with van der Waals surface area (Å²) in [5.41, 5.74) is 5.34. The summed E-state index contributed by atoms with van der Waals surface area (Å²) < 4.78 is 40.1. The second-order valence-corrected chi connectivity index (χ2v) is 8.17. The summed E-state index contributed by atoms with van der Waals surface area (Å²) in [7, 11) is -4.03. The molecule has 3 N–H and O–H groups in total. The fourth-order valence-corrected chi connectivity index (χ4v) is 5.28. The van der Waals surface area contributed by atoms with Crippen LogP contribution in [0.25, 0.3) is 0 Å². The number of benzene rings is 1. The number of rotatable bonds is 5.